The molecular weight excluding hydrogens is 434 g/mol. The molecule has 0 spiro atoms. The highest BCUT2D eigenvalue weighted by Gasteiger charge is 2.44. The zero-order valence-corrected chi connectivity index (χ0v) is 19.6. The van der Waals surface area contributed by atoms with E-state index in [0.717, 1.165) is 35.0 Å². The molecule has 7 heteroatoms. The molecule has 3 aromatic rings. The lowest BCUT2D eigenvalue weighted by Gasteiger charge is -2.43. The SMILES string of the molecule is COc1cccc(N2CCN(C(=O)[C@@H]3c4ccccc4C(=O)N(C)[C@@H]3c3cccs3)CC2)c1. The van der Waals surface area contributed by atoms with E-state index < -0.39 is 5.92 Å². The third-order valence-electron chi connectivity index (χ3n) is 6.69. The molecule has 170 valence electrons. The van der Waals surface area contributed by atoms with Crippen LogP contribution in [0.2, 0.25) is 0 Å². The number of thiophene rings is 1. The van der Waals surface area contributed by atoms with Crippen molar-refractivity contribution in [1.29, 1.82) is 0 Å². The number of rotatable bonds is 4. The number of methoxy groups -OCH3 is 1. The summed E-state index contributed by atoms with van der Waals surface area (Å²) < 4.78 is 5.36. The normalized spacial score (nSPS) is 20.5. The maximum absolute atomic E-state index is 14.0. The van der Waals surface area contributed by atoms with Gasteiger partial charge in [0.05, 0.1) is 19.1 Å². The molecule has 0 saturated carbocycles. The van der Waals surface area contributed by atoms with Crippen molar-refractivity contribution in [3.05, 3.63) is 82.0 Å². The quantitative estimate of drug-likeness (QED) is 0.589. The Kier molecular flexibility index (Phi) is 5.81. The molecule has 33 heavy (non-hydrogen) atoms. The summed E-state index contributed by atoms with van der Waals surface area (Å²) in [6, 6.07) is 19.3. The number of ether oxygens (including phenoxy) is 1. The molecule has 0 N–H and O–H groups in total. The van der Waals surface area contributed by atoms with Crippen LogP contribution in [0.15, 0.2) is 66.0 Å². The zero-order chi connectivity index (χ0) is 22.9. The van der Waals surface area contributed by atoms with Crippen LogP contribution < -0.4 is 9.64 Å². The lowest BCUT2D eigenvalue weighted by Crippen LogP contribution is -2.53. The maximum atomic E-state index is 14.0. The molecule has 0 aliphatic carbocycles. The fourth-order valence-corrected chi connectivity index (χ4v) is 5.85. The van der Waals surface area contributed by atoms with Gasteiger partial charge in [-0.1, -0.05) is 30.3 Å². The van der Waals surface area contributed by atoms with Gasteiger partial charge in [-0.25, -0.2) is 0 Å². The summed E-state index contributed by atoms with van der Waals surface area (Å²) in [5.41, 5.74) is 2.56. The second-order valence-corrected chi connectivity index (χ2v) is 9.43. The van der Waals surface area contributed by atoms with Crippen molar-refractivity contribution in [1.82, 2.24) is 9.80 Å². The Hall–Kier alpha value is -3.32. The van der Waals surface area contributed by atoms with E-state index in [9.17, 15) is 9.59 Å². The van der Waals surface area contributed by atoms with Gasteiger partial charge in [0.25, 0.3) is 5.91 Å². The number of fused-ring (bicyclic) bond motifs is 1. The largest absolute Gasteiger partial charge is 0.497 e. The van der Waals surface area contributed by atoms with Crippen LogP contribution in [-0.4, -0.2) is 62.0 Å². The number of likely N-dealkylation sites (N-methyl/N-ethyl adjacent to an activating group) is 1. The molecule has 0 unspecified atom stereocenters. The average Bonchev–Trinajstić information content (AvgIpc) is 3.40. The topological polar surface area (TPSA) is 53.1 Å². The standard InChI is InChI=1S/C26H27N3O3S/c1-27-24(22-11-6-16-33-22)23(20-9-3-4-10-21(20)25(27)30)26(31)29-14-12-28(13-15-29)18-7-5-8-19(17-18)32-2/h3-11,16-17,23-24H,12-15H2,1-2H3/t23-,24-/m1/s1. The predicted molar refractivity (Wildman–Crippen MR) is 130 cm³/mol. The maximum Gasteiger partial charge on any atom is 0.254 e. The fourth-order valence-electron chi connectivity index (χ4n) is 4.94. The summed E-state index contributed by atoms with van der Waals surface area (Å²) in [6.45, 7) is 2.80. The van der Waals surface area contributed by atoms with E-state index in [1.165, 1.54) is 0 Å². The van der Waals surface area contributed by atoms with Gasteiger partial charge in [0, 0.05) is 55.4 Å². The highest BCUT2D eigenvalue weighted by Crippen LogP contribution is 2.44. The average molecular weight is 462 g/mol. The van der Waals surface area contributed by atoms with Crippen molar-refractivity contribution in [3.63, 3.8) is 0 Å². The van der Waals surface area contributed by atoms with Gasteiger partial charge in [0.1, 0.15) is 5.75 Å². The number of carbonyl (C=O) groups is 2. The van der Waals surface area contributed by atoms with Crippen LogP contribution in [0, 0.1) is 0 Å². The Balaban J connectivity index is 1.42. The smallest absolute Gasteiger partial charge is 0.254 e. The molecule has 6 nitrogen and oxygen atoms in total. The summed E-state index contributed by atoms with van der Waals surface area (Å²) in [5, 5.41) is 2.00. The van der Waals surface area contributed by atoms with Gasteiger partial charge in [0.2, 0.25) is 5.91 Å². The van der Waals surface area contributed by atoms with Gasteiger partial charge < -0.3 is 19.4 Å². The Morgan fingerprint density at radius 2 is 1.79 bits per heavy atom. The van der Waals surface area contributed by atoms with Gasteiger partial charge in [0.15, 0.2) is 0 Å². The monoisotopic (exact) mass is 461 g/mol. The van der Waals surface area contributed by atoms with Crippen molar-refractivity contribution >= 4 is 28.8 Å². The molecule has 2 atom stereocenters. The van der Waals surface area contributed by atoms with Crippen molar-refractivity contribution in [3.8, 4) is 5.75 Å². The number of anilines is 1. The number of amides is 2. The van der Waals surface area contributed by atoms with Crippen molar-refractivity contribution < 1.29 is 14.3 Å². The first-order valence-corrected chi connectivity index (χ1v) is 12.0. The van der Waals surface area contributed by atoms with Crippen LogP contribution in [0.3, 0.4) is 0 Å². The summed E-state index contributed by atoms with van der Waals surface area (Å²) >= 11 is 1.59. The molecular formula is C26H27N3O3S. The van der Waals surface area contributed by atoms with E-state index in [0.29, 0.717) is 18.7 Å². The number of hydrogen-bond donors (Lipinski definition) is 0. The summed E-state index contributed by atoms with van der Waals surface area (Å²) in [7, 11) is 3.48. The van der Waals surface area contributed by atoms with Crippen LogP contribution in [0.5, 0.6) is 5.75 Å². The summed E-state index contributed by atoms with van der Waals surface area (Å²) in [6.07, 6.45) is 0. The first-order valence-electron chi connectivity index (χ1n) is 11.2. The minimum Gasteiger partial charge on any atom is -0.497 e. The Morgan fingerprint density at radius 1 is 1.00 bits per heavy atom. The molecule has 1 saturated heterocycles. The van der Waals surface area contributed by atoms with Gasteiger partial charge in [-0.3, -0.25) is 9.59 Å². The van der Waals surface area contributed by atoms with Crippen molar-refractivity contribution in [2.24, 2.45) is 0 Å². The molecule has 3 heterocycles. The van der Waals surface area contributed by atoms with Crippen molar-refractivity contribution in [2.75, 3.05) is 45.2 Å². The molecule has 5 rings (SSSR count). The molecule has 2 aliphatic rings. The van der Waals surface area contributed by atoms with Gasteiger partial charge >= 0.3 is 0 Å². The lowest BCUT2D eigenvalue weighted by molar-refractivity contribution is -0.134. The zero-order valence-electron chi connectivity index (χ0n) is 18.8. The molecule has 0 radical (unpaired) electrons. The molecule has 1 fully saturated rings. The van der Waals surface area contributed by atoms with Crippen LogP contribution in [0.25, 0.3) is 0 Å². The number of piperazine rings is 1. The molecule has 0 bridgehead atoms. The first-order chi connectivity index (χ1) is 16.1. The van der Waals surface area contributed by atoms with E-state index in [1.54, 1.807) is 23.3 Å². The molecule has 2 amide bonds. The second-order valence-electron chi connectivity index (χ2n) is 8.46. The third-order valence-corrected chi connectivity index (χ3v) is 7.63. The van der Waals surface area contributed by atoms with Gasteiger partial charge in [-0.2, -0.15) is 0 Å². The van der Waals surface area contributed by atoms with E-state index in [2.05, 4.69) is 11.0 Å². The minimum atomic E-state index is -0.411. The summed E-state index contributed by atoms with van der Waals surface area (Å²) in [4.78, 5) is 34.1. The minimum absolute atomic E-state index is 0.0316. The Morgan fingerprint density at radius 3 is 2.52 bits per heavy atom. The molecule has 1 aromatic heterocycles. The number of benzene rings is 2. The number of nitrogens with zero attached hydrogens (tertiary/aromatic N) is 3. The van der Waals surface area contributed by atoms with Crippen LogP contribution in [-0.2, 0) is 4.79 Å². The van der Waals surface area contributed by atoms with Crippen LogP contribution in [0.1, 0.15) is 32.8 Å². The van der Waals surface area contributed by atoms with Gasteiger partial charge in [-0.05, 0) is 35.2 Å². The van der Waals surface area contributed by atoms with Gasteiger partial charge in [-0.15, -0.1) is 11.3 Å². The predicted octanol–water partition coefficient (Wildman–Crippen LogP) is 4.02. The highest BCUT2D eigenvalue weighted by molar-refractivity contribution is 7.10. The Bertz CT molecular complexity index is 1160. The number of carbonyl (C=O) groups excluding carboxylic acids is 2. The van der Waals surface area contributed by atoms with Crippen LogP contribution >= 0.6 is 11.3 Å². The third kappa shape index (κ3) is 3.86. The lowest BCUT2D eigenvalue weighted by atomic mass is 9.81. The molecule has 2 aliphatic heterocycles. The Labute approximate surface area is 198 Å². The second kappa shape index (κ2) is 8.90. The van der Waals surface area contributed by atoms with Crippen molar-refractivity contribution in [2.45, 2.75) is 12.0 Å². The number of hydrogen-bond acceptors (Lipinski definition) is 5. The molecule has 2 aromatic carbocycles. The van der Waals surface area contributed by atoms with E-state index in [1.807, 2.05) is 71.9 Å². The first kappa shape index (κ1) is 21.5. The highest BCUT2D eigenvalue weighted by atomic mass is 32.1. The summed E-state index contributed by atoms with van der Waals surface area (Å²) in [5.74, 6) is 0.476. The van der Waals surface area contributed by atoms with E-state index in [4.69, 9.17) is 4.74 Å². The van der Waals surface area contributed by atoms with Crippen LogP contribution in [0.4, 0.5) is 5.69 Å². The van der Waals surface area contributed by atoms with E-state index >= 15 is 0 Å². The fraction of sp³-hybridized carbons (Fsp3) is 0.308. The van der Waals surface area contributed by atoms with E-state index in [-0.39, 0.29) is 17.9 Å².